The van der Waals surface area contributed by atoms with Gasteiger partial charge in [-0.05, 0) is 12.1 Å². The van der Waals surface area contributed by atoms with Crippen molar-refractivity contribution in [2.75, 3.05) is 0 Å². The first kappa shape index (κ1) is 10.9. The molecule has 0 aromatic heterocycles. The number of hydroxylamine groups is 1. The van der Waals surface area contributed by atoms with Gasteiger partial charge in [-0.2, -0.15) is 0 Å². The lowest BCUT2D eigenvalue weighted by molar-refractivity contribution is -0.130. The molecule has 1 aromatic carbocycles. The quantitative estimate of drug-likeness (QED) is 0.251. The van der Waals surface area contributed by atoms with Gasteiger partial charge in [-0.1, -0.05) is 18.2 Å². The second kappa shape index (κ2) is 5.56. The van der Waals surface area contributed by atoms with Crippen LogP contribution in [0.2, 0.25) is 0 Å². The Balaban J connectivity index is 2.50. The van der Waals surface area contributed by atoms with Gasteiger partial charge in [0.05, 0.1) is 0 Å². The van der Waals surface area contributed by atoms with Gasteiger partial charge in [-0.15, -0.1) is 0 Å². The molecule has 5 heteroatoms. The molecule has 0 bridgehead atoms. The van der Waals surface area contributed by atoms with E-state index in [0.717, 1.165) is 12.2 Å². The summed E-state index contributed by atoms with van der Waals surface area (Å²) >= 11 is 0. The van der Waals surface area contributed by atoms with Crippen molar-refractivity contribution in [3.8, 4) is 5.75 Å². The number of rotatable bonds is 3. The summed E-state index contributed by atoms with van der Waals surface area (Å²) < 4.78 is 4.82. The molecule has 1 aromatic rings. The predicted molar refractivity (Wildman–Crippen MR) is 51.1 cm³/mol. The van der Waals surface area contributed by atoms with Crippen LogP contribution in [0, 0.1) is 0 Å². The highest BCUT2D eigenvalue weighted by Crippen LogP contribution is 2.08. The van der Waals surface area contributed by atoms with E-state index >= 15 is 0 Å². The van der Waals surface area contributed by atoms with E-state index in [1.54, 1.807) is 30.3 Å². The minimum absolute atomic E-state index is 0.386. The van der Waals surface area contributed by atoms with Crippen molar-refractivity contribution < 1.29 is 19.5 Å². The summed E-state index contributed by atoms with van der Waals surface area (Å²) in [5.41, 5.74) is 1.35. The first-order chi connectivity index (χ1) is 7.22. The number of para-hydroxylation sites is 1. The topological polar surface area (TPSA) is 75.6 Å². The SMILES string of the molecule is O=C(/C=C\C(=O)Oc1ccccc1)NO. The van der Waals surface area contributed by atoms with Crippen molar-refractivity contribution in [3.05, 3.63) is 42.5 Å². The van der Waals surface area contributed by atoms with Gasteiger partial charge in [0.25, 0.3) is 5.91 Å². The maximum Gasteiger partial charge on any atom is 0.336 e. The highest BCUT2D eigenvalue weighted by Gasteiger charge is 2.00. The van der Waals surface area contributed by atoms with Crippen LogP contribution >= 0.6 is 0 Å². The second-order valence-corrected chi connectivity index (χ2v) is 2.54. The molecule has 0 heterocycles. The van der Waals surface area contributed by atoms with Gasteiger partial charge in [0.1, 0.15) is 5.75 Å². The zero-order valence-electron chi connectivity index (χ0n) is 7.71. The summed E-state index contributed by atoms with van der Waals surface area (Å²) in [7, 11) is 0. The number of nitrogens with one attached hydrogen (secondary N) is 1. The van der Waals surface area contributed by atoms with E-state index < -0.39 is 11.9 Å². The monoisotopic (exact) mass is 207 g/mol. The molecule has 78 valence electrons. The molecule has 0 spiro atoms. The fraction of sp³-hybridized carbons (Fsp3) is 0. The third-order valence-corrected chi connectivity index (χ3v) is 1.44. The van der Waals surface area contributed by atoms with Crippen LogP contribution in [0.15, 0.2) is 42.5 Å². The van der Waals surface area contributed by atoms with Gasteiger partial charge in [0.15, 0.2) is 0 Å². The van der Waals surface area contributed by atoms with Gasteiger partial charge < -0.3 is 4.74 Å². The average Bonchev–Trinajstić information content (AvgIpc) is 2.27. The number of esters is 1. The minimum atomic E-state index is -0.792. The fourth-order valence-corrected chi connectivity index (χ4v) is 0.820. The van der Waals surface area contributed by atoms with Crippen molar-refractivity contribution >= 4 is 11.9 Å². The average molecular weight is 207 g/mol. The Labute approximate surface area is 85.9 Å². The van der Waals surface area contributed by atoms with Crippen molar-refractivity contribution in [2.24, 2.45) is 0 Å². The molecule has 2 N–H and O–H groups in total. The van der Waals surface area contributed by atoms with E-state index in [-0.39, 0.29) is 0 Å². The molecule has 0 aliphatic carbocycles. The molecule has 0 atom stereocenters. The van der Waals surface area contributed by atoms with E-state index in [1.807, 2.05) is 0 Å². The van der Waals surface area contributed by atoms with Gasteiger partial charge >= 0.3 is 5.97 Å². The first-order valence-electron chi connectivity index (χ1n) is 4.11. The van der Waals surface area contributed by atoms with Crippen LogP contribution in [0.25, 0.3) is 0 Å². The van der Waals surface area contributed by atoms with Gasteiger partial charge in [0.2, 0.25) is 0 Å². The standard InChI is InChI=1S/C10H9NO4/c12-9(11-14)6-7-10(13)15-8-4-2-1-3-5-8/h1-7,14H,(H,11,12)/b7-6-. The molecule has 0 fully saturated rings. The Morgan fingerprint density at radius 3 is 2.47 bits per heavy atom. The lowest BCUT2D eigenvalue weighted by atomic mass is 10.3. The molecule has 0 aliphatic heterocycles. The zero-order valence-corrected chi connectivity index (χ0v) is 7.71. The Hall–Kier alpha value is -2.14. The van der Waals surface area contributed by atoms with Crippen molar-refractivity contribution in [1.82, 2.24) is 5.48 Å². The van der Waals surface area contributed by atoms with E-state index in [1.165, 1.54) is 5.48 Å². The molecule has 0 radical (unpaired) electrons. The summed E-state index contributed by atoms with van der Waals surface area (Å²) in [5, 5.41) is 8.13. The molecule has 0 unspecified atom stereocenters. The van der Waals surface area contributed by atoms with Crippen LogP contribution in [-0.4, -0.2) is 17.1 Å². The smallest absolute Gasteiger partial charge is 0.336 e. The highest BCUT2D eigenvalue weighted by molar-refractivity contribution is 5.94. The van der Waals surface area contributed by atoms with Crippen LogP contribution in [0.5, 0.6) is 5.75 Å². The number of ether oxygens (including phenoxy) is 1. The number of hydrogen-bond acceptors (Lipinski definition) is 4. The fourth-order valence-electron chi connectivity index (χ4n) is 0.820. The number of hydrogen-bond donors (Lipinski definition) is 2. The van der Waals surface area contributed by atoms with Crippen molar-refractivity contribution in [2.45, 2.75) is 0 Å². The lowest BCUT2D eigenvalue weighted by Crippen LogP contribution is -2.16. The van der Waals surface area contributed by atoms with Crippen LogP contribution in [-0.2, 0) is 9.59 Å². The maximum atomic E-state index is 11.1. The summed E-state index contributed by atoms with van der Waals surface area (Å²) in [5.74, 6) is -1.10. The third kappa shape index (κ3) is 4.06. The van der Waals surface area contributed by atoms with Crippen LogP contribution < -0.4 is 10.2 Å². The number of carbonyl (C=O) groups excluding carboxylic acids is 2. The lowest BCUT2D eigenvalue weighted by Gasteiger charge is -1.99. The van der Waals surface area contributed by atoms with E-state index in [0.29, 0.717) is 5.75 Å². The Bertz CT molecular complexity index is 372. The normalized spacial score (nSPS) is 9.93. The number of amides is 1. The predicted octanol–water partition coefficient (Wildman–Crippen LogP) is 0.654. The van der Waals surface area contributed by atoms with Crippen molar-refractivity contribution in [3.63, 3.8) is 0 Å². The van der Waals surface area contributed by atoms with Gasteiger partial charge in [-0.3, -0.25) is 10.0 Å². The van der Waals surface area contributed by atoms with Crippen LogP contribution in [0.3, 0.4) is 0 Å². The largest absolute Gasteiger partial charge is 0.423 e. The molecule has 0 aliphatic rings. The summed E-state index contributed by atoms with van der Waals surface area (Å²) in [6.07, 6.45) is 1.78. The van der Waals surface area contributed by atoms with E-state index in [2.05, 4.69) is 0 Å². The highest BCUT2D eigenvalue weighted by atomic mass is 16.5. The maximum absolute atomic E-state index is 11.1. The Kier molecular flexibility index (Phi) is 4.05. The summed E-state index contributed by atoms with van der Waals surface area (Å²) in [4.78, 5) is 21.6. The summed E-state index contributed by atoms with van der Waals surface area (Å²) in [6.45, 7) is 0. The second-order valence-electron chi connectivity index (χ2n) is 2.54. The first-order valence-corrected chi connectivity index (χ1v) is 4.11. The third-order valence-electron chi connectivity index (χ3n) is 1.44. The van der Waals surface area contributed by atoms with Gasteiger partial charge in [-0.25, -0.2) is 10.3 Å². The molecular formula is C10H9NO4. The molecule has 0 saturated heterocycles. The Morgan fingerprint density at radius 2 is 1.87 bits per heavy atom. The minimum Gasteiger partial charge on any atom is -0.423 e. The van der Waals surface area contributed by atoms with E-state index in [4.69, 9.17) is 9.94 Å². The van der Waals surface area contributed by atoms with Gasteiger partial charge in [0, 0.05) is 12.2 Å². The molecular weight excluding hydrogens is 198 g/mol. The summed E-state index contributed by atoms with van der Waals surface area (Å²) in [6, 6.07) is 8.43. The number of benzene rings is 1. The number of carbonyl (C=O) groups is 2. The van der Waals surface area contributed by atoms with Crippen LogP contribution in [0.1, 0.15) is 0 Å². The van der Waals surface area contributed by atoms with Crippen molar-refractivity contribution in [1.29, 1.82) is 0 Å². The molecule has 15 heavy (non-hydrogen) atoms. The molecule has 0 saturated carbocycles. The molecule has 5 nitrogen and oxygen atoms in total. The van der Waals surface area contributed by atoms with E-state index in [9.17, 15) is 9.59 Å². The molecule has 1 rings (SSSR count). The van der Waals surface area contributed by atoms with Crippen LogP contribution in [0.4, 0.5) is 0 Å². The molecule has 1 amide bonds. The zero-order chi connectivity index (χ0) is 11.1. The Morgan fingerprint density at radius 1 is 1.20 bits per heavy atom.